The molecule has 0 aromatic heterocycles. The SMILES string of the molecule is CCCCCOc1ccccc1C(=O)NC(=S)Nc1cccc(C(=O)N(C)c2ccccc2)c1. The first-order valence-electron chi connectivity index (χ1n) is 11.3. The Labute approximate surface area is 205 Å². The number of thiocarbonyl (C=S) groups is 1. The summed E-state index contributed by atoms with van der Waals surface area (Å²) in [5.41, 5.74) is 2.30. The predicted molar refractivity (Wildman–Crippen MR) is 141 cm³/mol. The molecule has 0 heterocycles. The maximum absolute atomic E-state index is 12.9. The number of ether oxygens (including phenoxy) is 1. The van der Waals surface area contributed by atoms with Crippen molar-refractivity contribution in [2.24, 2.45) is 0 Å². The van der Waals surface area contributed by atoms with E-state index in [9.17, 15) is 9.59 Å². The molecule has 2 amide bonds. The third kappa shape index (κ3) is 6.89. The van der Waals surface area contributed by atoms with Gasteiger partial charge >= 0.3 is 0 Å². The fourth-order valence-electron chi connectivity index (χ4n) is 3.34. The predicted octanol–water partition coefficient (Wildman–Crippen LogP) is 5.66. The van der Waals surface area contributed by atoms with Crippen molar-refractivity contribution in [3.05, 3.63) is 90.0 Å². The van der Waals surface area contributed by atoms with E-state index in [1.807, 2.05) is 36.4 Å². The Balaban J connectivity index is 1.62. The molecular formula is C27H29N3O3S. The van der Waals surface area contributed by atoms with Gasteiger partial charge in [0.2, 0.25) is 0 Å². The number of nitrogens with one attached hydrogen (secondary N) is 2. The van der Waals surface area contributed by atoms with Gasteiger partial charge in [-0.15, -0.1) is 0 Å². The van der Waals surface area contributed by atoms with Crippen LogP contribution in [0.25, 0.3) is 0 Å². The summed E-state index contributed by atoms with van der Waals surface area (Å²) < 4.78 is 5.79. The number of rotatable bonds is 9. The number of carbonyl (C=O) groups is 2. The molecule has 0 aliphatic carbocycles. The number of amides is 2. The van der Waals surface area contributed by atoms with Crippen molar-refractivity contribution in [1.29, 1.82) is 0 Å². The number of hydrogen-bond donors (Lipinski definition) is 2. The van der Waals surface area contributed by atoms with Crippen LogP contribution in [-0.2, 0) is 0 Å². The second-order valence-electron chi connectivity index (χ2n) is 7.74. The third-order valence-corrected chi connectivity index (χ3v) is 5.38. The highest BCUT2D eigenvalue weighted by Gasteiger charge is 2.16. The molecule has 0 atom stereocenters. The van der Waals surface area contributed by atoms with Gasteiger partial charge in [-0.2, -0.15) is 0 Å². The number of hydrogen-bond acceptors (Lipinski definition) is 4. The second-order valence-corrected chi connectivity index (χ2v) is 8.15. The minimum atomic E-state index is -0.361. The number of carbonyl (C=O) groups excluding carboxylic acids is 2. The summed E-state index contributed by atoms with van der Waals surface area (Å²) in [4.78, 5) is 27.3. The van der Waals surface area contributed by atoms with Gasteiger partial charge in [0.05, 0.1) is 12.2 Å². The summed E-state index contributed by atoms with van der Waals surface area (Å²) in [6, 6.07) is 23.5. The van der Waals surface area contributed by atoms with Gasteiger partial charge in [0, 0.05) is 24.0 Å². The molecule has 0 saturated heterocycles. The molecule has 3 aromatic carbocycles. The van der Waals surface area contributed by atoms with Crippen LogP contribution in [0.4, 0.5) is 11.4 Å². The summed E-state index contributed by atoms with van der Waals surface area (Å²) in [5, 5.41) is 5.81. The van der Waals surface area contributed by atoms with E-state index in [4.69, 9.17) is 17.0 Å². The number of nitrogens with zero attached hydrogens (tertiary/aromatic N) is 1. The maximum Gasteiger partial charge on any atom is 0.261 e. The summed E-state index contributed by atoms with van der Waals surface area (Å²) in [6.07, 6.45) is 3.10. The highest BCUT2D eigenvalue weighted by atomic mass is 32.1. The number of para-hydroxylation sites is 2. The lowest BCUT2D eigenvalue weighted by Gasteiger charge is -2.18. The lowest BCUT2D eigenvalue weighted by atomic mass is 10.1. The normalized spacial score (nSPS) is 10.3. The molecular weight excluding hydrogens is 446 g/mol. The lowest BCUT2D eigenvalue weighted by Crippen LogP contribution is -2.34. The minimum absolute atomic E-state index is 0.131. The maximum atomic E-state index is 12.9. The zero-order valence-corrected chi connectivity index (χ0v) is 20.2. The Kier molecular flexibility index (Phi) is 9.17. The number of benzene rings is 3. The van der Waals surface area contributed by atoms with Crippen molar-refractivity contribution >= 4 is 40.5 Å². The first-order valence-corrected chi connectivity index (χ1v) is 11.7. The number of anilines is 2. The molecule has 0 saturated carbocycles. The zero-order chi connectivity index (χ0) is 24.3. The molecule has 176 valence electrons. The van der Waals surface area contributed by atoms with E-state index in [1.54, 1.807) is 54.4 Å². The van der Waals surface area contributed by atoms with Gasteiger partial charge in [0.15, 0.2) is 5.11 Å². The third-order valence-electron chi connectivity index (χ3n) is 5.18. The monoisotopic (exact) mass is 475 g/mol. The Morgan fingerprint density at radius 2 is 1.68 bits per heavy atom. The van der Waals surface area contributed by atoms with Crippen LogP contribution < -0.4 is 20.3 Å². The molecule has 0 spiro atoms. The molecule has 34 heavy (non-hydrogen) atoms. The Bertz CT molecular complexity index is 1130. The molecule has 0 bridgehead atoms. The molecule has 0 aliphatic rings. The van der Waals surface area contributed by atoms with Crippen molar-refractivity contribution in [2.45, 2.75) is 26.2 Å². The van der Waals surface area contributed by atoms with Crippen LogP contribution >= 0.6 is 12.2 Å². The quantitative estimate of drug-likeness (QED) is 0.309. The molecule has 7 heteroatoms. The topological polar surface area (TPSA) is 70.7 Å². The molecule has 6 nitrogen and oxygen atoms in total. The van der Waals surface area contributed by atoms with E-state index < -0.39 is 0 Å². The van der Waals surface area contributed by atoms with Crippen LogP contribution in [0.2, 0.25) is 0 Å². The van der Waals surface area contributed by atoms with Crippen molar-refractivity contribution in [2.75, 3.05) is 23.9 Å². The van der Waals surface area contributed by atoms with Gasteiger partial charge in [-0.05, 0) is 61.1 Å². The lowest BCUT2D eigenvalue weighted by molar-refractivity contribution is 0.0970. The van der Waals surface area contributed by atoms with Crippen LogP contribution in [0.3, 0.4) is 0 Å². The van der Waals surface area contributed by atoms with Gasteiger partial charge in [-0.1, -0.05) is 56.2 Å². The van der Waals surface area contributed by atoms with Gasteiger partial charge < -0.3 is 15.0 Å². The number of unbranched alkanes of at least 4 members (excludes halogenated alkanes) is 2. The standard InChI is InChI=1S/C27H29N3O3S/c1-3-4-10-18-33-24-17-9-8-16-23(24)25(31)29-27(34)28-21-13-11-12-20(19-21)26(32)30(2)22-14-6-5-7-15-22/h5-9,11-17,19H,3-4,10,18H2,1-2H3,(H2,28,29,31,34). The molecule has 0 unspecified atom stereocenters. The van der Waals surface area contributed by atoms with Crippen molar-refractivity contribution in [3.63, 3.8) is 0 Å². The van der Waals surface area contributed by atoms with Crippen LogP contribution in [0.15, 0.2) is 78.9 Å². The minimum Gasteiger partial charge on any atom is -0.493 e. The van der Waals surface area contributed by atoms with Crippen LogP contribution in [-0.4, -0.2) is 30.6 Å². The average molecular weight is 476 g/mol. The van der Waals surface area contributed by atoms with Crippen LogP contribution in [0.5, 0.6) is 5.75 Å². The van der Waals surface area contributed by atoms with Gasteiger partial charge in [-0.3, -0.25) is 14.9 Å². The van der Waals surface area contributed by atoms with E-state index in [0.717, 1.165) is 24.9 Å². The Morgan fingerprint density at radius 3 is 2.44 bits per heavy atom. The largest absolute Gasteiger partial charge is 0.493 e. The molecule has 0 fully saturated rings. The van der Waals surface area contributed by atoms with Gasteiger partial charge in [-0.25, -0.2) is 0 Å². The highest BCUT2D eigenvalue weighted by molar-refractivity contribution is 7.80. The van der Waals surface area contributed by atoms with Crippen LogP contribution in [0, 0.1) is 0 Å². The molecule has 0 aliphatic heterocycles. The van der Waals surface area contributed by atoms with E-state index >= 15 is 0 Å². The van der Waals surface area contributed by atoms with E-state index in [-0.39, 0.29) is 16.9 Å². The first-order chi connectivity index (χ1) is 16.5. The van der Waals surface area contributed by atoms with E-state index in [0.29, 0.717) is 29.2 Å². The van der Waals surface area contributed by atoms with E-state index in [2.05, 4.69) is 17.6 Å². The molecule has 2 N–H and O–H groups in total. The van der Waals surface area contributed by atoms with Crippen LogP contribution in [0.1, 0.15) is 46.9 Å². The van der Waals surface area contributed by atoms with Crippen molar-refractivity contribution < 1.29 is 14.3 Å². The average Bonchev–Trinajstić information content (AvgIpc) is 2.86. The van der Waals surface area contributed by atoms with Gasteiger partial charge in [0.25, 0.3) is 11.8 Å². The molecule has 3 rings (SSSR count). The molecule has 0 radical (unpaired) electrons. The zero-order valence-electron chi connectivity index (χ0n) is 19.4. The summed E-state index contributed by atoms with van der Waals surface area (Å²) in [6.45, 7) is 2.68. The van der Waals surface area contributed by atoms with Crippen molar-refractivity contribution in [3.8, 4) is 5.75 Å². The second kappa shape index (κ2) is 12.5. The Morgan fingerprint density at radius 1 is 0.941 bits per heavy atom. The van der Waals surface area contributed by atoms with Crippen molar-refractivity contribution in [1.82, 2.24) is 5.32 Å². The molecule has 3 aromatic rings. The first kappa shape index (κ1) is 24.9. The summed E-state index contributed by atoms with van der Waals surface area (Å²) in [7, 11) is 1.73. The summed E-state index contributed by atoms with van der Waals surface area (Å²) >= 11 is 5.34. The fraction of sp³-hybridized carbons (Fsp3) is 0.222. The smallest absolute Gasteiger partial charge is 0.261 e. The highest BCUT2D eigenvalue weighted by Crippen LogP contribution is 2.19. The van der Waals surface area contributed by atoms with E-state index in [1.165, 1.54) is 0 Å². The summed E-state index contributed by atoms with van der Waals surface area (Å²) in [5.74, 6) is 0.00836. The van der Waals surface area contributed by atoms with Gasteiger partial charge in [0.1, 0.15) is 5.75 Å². The fourth-order valence-corrected chi connectivity index (χ4v) is 3.55. The Hall–Kier alpha value is -3.71.